The van der Waals surface area contributed by atoms with Crippen molar-refractivity contribution in [3.05, 3.63) is 52.6 Å². The number of aromatic hydroxyl groups is 1. The number of anilines is 1. The summed E-state index contributed by atoms with van der Waals surface area (Å²) in [5.74, 6) is -8.46. The monoisotopic (exact) mass is 659 g/mol. The maximum atomic E-state index is 14.7. The molecule has 0 aliphatic heterocycles. The predicted molar refractivity (Wildman–Crippen MR) is 181 cm³/mol. The van der Waals surface area contributed by atoms with Crippen LogP contribution >= 0.6 is 0 Å². The molecule has 3 N–H and O–H groups in total. The van der Waals surface area contributed by atoms with E-state index in [0.717, 1.165) is 18.1 Å². The third-order valence-corrected chi connectivity index (χ3v) is 10.9. The first-order valence-electron chi connectivity index (χ1n) is 16.9. The Labute approximate surface area is 282 Å². The minimum absolute atomic E-state index is 0.00572. The number of fused-ring (bicyclic) bond motifs is 3. The van der Waals surface area contributed by atoms with Gasteiger partial charge in [0.25, 0.3) is 0 Å². The van der Waals surface area contributed by atoms with E-state index in [0.29, 0.717) is 17.0 Å². The second-order valence-corrected chi connectivity index (χ2v) is 16.4. The molecule has 3 unspecified atom stereocenters. The summed E-state index contributed by atoms with van der Waals surface area (Å²) < 4.78 is 6.14. The summed E-state index contributed by atoms with van der Waals surface area (Å²) in [5, 5.41) is 27.3. The molecular formula is C39H49NO8. The zero-order valence-electron chi connectivity index (χ0n) is 29.7. The highest BCUT2D eigenvalue weighted by molar-refractivity contribution is 6.32. The molecule has 2 fully saturated rings. The molecule has 3 aliphatic rings. The van der Waals surface area contributed by atoms with Crippen LogP contribution in [0.15, 0.2) is 30.3 Å². The number of para-hydroxylation sites is 1. The molecule has 0 radical (unpaired) electrons. The number of phenolic OH excluding ortho intramolecular Hbond substituents is 1. The van der Waals surface area contributed by atoms with Gasteiger partial charge in [-0.2, -0.15) is 0 Å². The van der Waals surface area contributed by atoms with E-state index in [1.54, 1.807) is 27.7 Å². The zero-order chi connectivity index (χ0) is 35.9. The summed E-state index contributed by atoms with van der Waals surface area (Å²) in [6, 6.07) is 9.38. The SMILES string of the molecule is CC(=O)C1C(=O)C(C(C)C)[C@@]2(C)C[C@@]3(C)Cc4c(C(C)C)cc(NCc5ccccc5OC(C)(C)C)c(O)c4C(=O)C3C(=O)[C@@]2(O)C1=O. The summed E-state index contributed by atoms with van der Waals surface area (Å²) in [5.41, 5.74) is -3.21. The van der Waals surface area contributed by atoms with Gasteiger partial charge in [0.05, 0.1) is 17.2 Å². The molecule has 48 heavy (non-hydrogen) atoms. The van der Waals surface area contributed by atoms with Crippen LogP contribution in [0.25, 0.3) is 0 Å². The highest BCUT2D eigenvalue weighted by Crippen LogP contribution is 2.64. The molecule has 3 aliphatic carbocycles. The van der Waals surface area contributed by atoms with Crippen LogP contribution in [0.3, 0.4) is 0 Å². The first-order chi connectivity index (χ1) is 22.1. The molecule has 0 amide bonds. The maximum Gasteiger partial charge on any atom is 0.190 e. The van der Waals surface area contributed by atoms with E-state index in [9.17, 15) is 34.2 Å². The van der Waals surface area contributed by atoms with Gasteiger partial charge in [0.1, 0.15) is 28.8 Å². The number of carbonyl (C=O) groups excluding carboxylic acids is 5. The Balaban J connectivity index is 1.63. The van der Waals surface area contributed by atoms with Gasteiger partial charge in [-0.3, -0.25) is 24.0 Å². The number of rotatable bonds is 7. The summed E-state index contributed by atoms with van der Waals surface area (Å²) in [6.45, 7) is 18.1. The fourth-order valence-electron chi connectivity index (χ4n) is 9.15. The Morgan fingerprint density at radius 1 is 1.04 bits per heavy atom. The van der Waals surface area contributed by atoms with Crippen molar-refractivity contribution in [2.24, 2.45) is 34.5 Å². The second kappa shape index (κ2) is 11.6. The minimum atomic E-state index is -2.73. The lowest BCUT2D eigenvalue weighted by Gasteiger charge is -2.62. The van der Waals surface area contributed by atoms with E-state index >= 15 is 0 Å². The van der Waals surface area contributed by atoms with Crippen LogP contribution in [0, 0.1) is 34.5 Å². The van der Waals surface area contributed by atoms with Gasteiger partial charge in [-0.25, -0.2) is 0 Å². The van der Waals surface area contributed by atoms with Crippen molar-refractivity contribution in [2.45, 2.75) is 106 Å². The van der Waals surface area contributed by atoms with Gasteiger partial charge in [-0.05, 0) is 81.0 Å². The number of hydrogen-bond donors (Lipinski definition) is 3. The first kappa shape index (κ1) is 35.5. The van der Waals surface area contributed by atoms with Crippen LogP contribution in [0.2, 0.25) is 0 Å². The normalized spacial score (nSPS) is 30.2. The van der Waals surface area contributed by atoms with Gasteiger partial charge in [0.15, 0.2) is 28.7 Å². The molecule has 9 heteroatoms. The van der Waals surface area contributed by atoms with Gasteiger partial charge in [0, 0.05) is 23.4 Å². The van der Waals surface area contributed by atoms with Crippen molar-refractivity contribution in [2.75, 3.05) is 5.32 Å². The van der Waals surface area contributed by atoms with Crippen molar-refractivity contribution >= 4 is 34.6 Å². The van der Waals surface area contributed by atoms with E-state index in [1.165, 1.54) is 0 Å². The second-order valence-electron chi connectivity index (χ2n) is 16.4. The summed E-state index contributed by atoms with van der Waals surface area (Å²) in [7, 11) is 0. The summed E-state index contributed by atoms with van der Waals surface area (Å²) >= 11 is 0. The van der Waals surface area contributed by atoms with Crippen molar-refractivity contribution < 1.29 is 38.9 Å². The van der Waals surface area contributed by atoms with Crippen LogP contribution in [0.4, 0.5) is 5.69 Å². The van der Waals surface area contributed by atoms with Crippen molar-refractivity contribution in [3.63, 3.8) is 0 Å². The topological polar surface area (TPSA) is 147 Å². The molecule has 0 heterocycles. The number of hydrogen-bond acceptors (Lipinski definition) is 9. The summed E-state index contributed by atoms with van der Waals surface area (Å²) in [4.78, 5) is 69.6. The van der Waals surface area contributed by atoms with E-state index in [2.05, 4.69) is 5.32 Å². The molecule has 6 atom stereocenters. The van der Waals surface area contributed by atoms with Gasteiger partial charge < -0.3 is 20.3 Å². The minimum Gasteiger partial charge on any atom is -0.505 e. The smallest absolute Gasteiger partial charge is 0.190 e. The Bertz CT molecular complexity index is 1730. The molecule has 258 valence electrons. The fraction of sp³-hybridized carbons (Fsp3) is 0.564. The molecule has 9 nitrogen and oxygen atoms in total. The summed E-state index contributed by atoms with van der Waals surface area (Å²) in [6.07, 6.45) is 0.231. The third-order valence-electron chi connectivity index (χ3n) is 10.9. The lowest BCUT2D eigenvalue weighted by molar-refractivity contribution is -0.205. The number of ether oxygens (including phenoxy) is 1. The van der Waals surface area contributed by atoms with Gasteiger partial charge in [-0.1, -0.05) is 59.7 Å². The molecule has 2 aromatic carbocycles. The van der Waals surface area contributed by atoms with Gasteiger partial charge in [-0.15, -0.1) is 0 Å². The number of phenols is 1. The molecule has 2 saturated carbocycles. The van der Waals surface area contributed by atoms with E-state index in [-0.39, 0.29) is 36.6 Å². The fourth-order valence-corrected chi connectivity index (χ4v) is 9.15. The number of benzene rings is 2. The largest absolute Gasteiger partial charge is 0.505 e. The third kappa shape index (κ3) is 5.20. The van der Waals surface area contributed by atoms with Crippen LogP contribution in [0.5, 0.6) is 11.5 Å². The lowest BCUT2D eigenvalue weighted by atomic mass is 9.39. The number of nitrogens with one attached hydrogen (secondary N) is 1. The van der Waals surface area contributed by atoms with E-state index in [4.69, 9.17) is 4.74 Å². The van der Waals surface area contributed by atoms with Gasteiger partial charge >= 0.3 is 0 Å². The Hall–Kier alpha value is -3.85. The predicted octanol–water partition coefficient (Wildman–Crippen LogP) is 6.01. The Morgan fingerprint density at radius 2 is 1.67 bits per heavy atom. The lowest BCUT2D eigenvalue weighted by Crippen LogP contribution is -2.76. The van der Waals surface area contributed by atoms with Gasteiger partial charge in [0.2, 0.25) is 0 Å². The molecule has 0 aromatic heterocycles. The molecule has 0 bridgehead atoms. The van der Waals surface area contributed by atoms with Crippen molar-refractivity contribution in [1.29, 1.82) is 0 Å². The molecular weight excluding hydrogens is 610 g/mol. The highest BCUT2D eigenvalue weighted by atomic mass is 16.5. The number of Topliss-reactive ketones (excluding diaryl/α,β-unsaturated/α-hetero) is 5. The molecule has 2 aromatic rings. The molecule has 5 rings (SSSR count). The average molecular weight is 660 g/mol. The van der Waals surface area contributed by atoms with Crippen molar-refractivity contribution in [3.8, 4) is 11.5 Å². The Morgan fingerprint density at radius 3 is 2.23 bits per heavy atom. The van der Waals surface area contributed by atoms with Crippen molar-refractivity contribution in [1.82, 2.24) is 0 Å². The maximum absolute atomic E-state index is 14.7. The number of ketones is 5. The first-order valence-corrected chi connectivity index (χ1v) is 16.9. The van der Waals surface area contributed by atoms with Crippen LogP contribution in [-0.4, -0.2) is 50.3 Å². The molecule has 0 saturated heterocycles. The van der Waals surface area contributed by atoms with E-state index < -0.39 is 74.6 Å². The Kier molecular flexibility index (Phi) is 8.60. The molecule has 0 spiro atoms. The number of aliphatic hydroxyl groups is 1. The van der Waals surface area contributed by atoms with E-state index in [1.807, 2.05) is 65.0 Å². The number of carbonyl (C=O) groups is 5. The standard InChI is InChI=1S/C39H49NO8/c1-19(2)23-15-25(40-17-22-13-11-12-14-26(22)48-36(6,7)8)31(42)28-24(23)16-37(9)18-38(10)29(20(3)4)32(43)27(21(5)41)34(45)39(38,47)35(46)30(37)33(28)44/h11-15,19-20,27,29-30,40,42,47H,16-18H2,1-10H3/t27?,29?,30?,37-,38-,39+/m1/s1. The zero-order valence-corrected chi connectivity index (χ0v) is 29.7. The van der Waals surface area contributed by atoms with Crippen LogP contribution < -0.4 is 10.1 Å². The van der Waals surface area contributed by atoms with Crippen LogP contribution in [0.1, 0.15) is 109 Å². The quantitative estimate of drug-likeness (QED) is 0.240. The van der Waals surface area contributed by atoms with Crippen LogP contribution in [-0.2, 0) is 32.1 Å². The average Bonchev–Trinajstić information content (AvgIpc) is 2.94. The highest BCUT2D eigenvalue weighted by Gasteiger charge is 2.76.